The first-order valence-electron chi connectivity index (χ1n) is 10.8. The van der Waals surface area contributed by atoms with Crippen LogP contribution in [-0.4, -0.2) is 34.3 Å². The van der Waals surface area contributed by atoms with E-state index in [0.717, 1.165) is 11.1 Å². The van der Waals surface area contributed by atoms with Crippen molar-refractivity contribution in [3.8, 4) is 0 Å². The SMILES string of the molecule is CC(C)[C@H](NC(=O)c1ccc2c(c1)CN(C1CCC(=O)CC1=O)C2=O)c1ccc(Cl)cc1. The highest BCUT2D eigenvalue weighted by atomic mass is 35.5. The Labute approximate surface area is 191 Å². The Bertz CT molecular complexity index is 1090. The molecule has 1 fully saturated rings. The fraction of sp³-hybridized carbons (Fsp3) is 0.360. The van der Waals surface area contributed by atoms with Crippen molar-refractivity contribution in [2.45, 2.75) is 51.7 Å². The highest BCUT2D eigenvalue weighted by Crippen LogP contribution is 2.30. The number of hydrogen-bond acceptors (Lipinski definition) is 4. The fourth-order valence-electron chi connectivity index (χ4n) is 4.45. The van der Waals surface area contributed by atoms with E-state index in [1.54, 1.807) is 30.3 Å². The van der Waals surface area contributed by atoms with E-state index >= 15 is 0 Å². The van der Waals surface area contributed by atoms with Crippen LogP contribution in [-0.2, 0) is 16.1 Å². The second-order valence-electron chi connectivity index (χ2n) is 8.79. The molecule has 6 nitrogen and oxygen atoms in total. The third kappa shape index (κ3) is 4.32. The molecule has 2 amide bonds. The van der Waals surface area contributed by atoms with Gasteiger partial charge in [-0.05, 0) is 53.8 Å². The molecule has 1 unspecified atom stereocenters. The van der Waals surface area contributed by atoms with Crippen LogP contribution in [0.3, 0.4) is 0 Å². The summed E-state index contributed by atoms with van der Waals surface area (Å²) in [5.41, 5.74) is 2.65. The minimum Gasteiger partial charge on any atom is -0.345 e. The normalized spacial score (nSPS) is 19.3. The number of fused-ring (bicyclic) bond motifs is 1. The first-order valence-corrected chi connectivity index (χ1v) is 11.2. The number of benzene rings is 2. The van der Waals surface area contributed by atoms with Gasteiger partial charge in [-0.2, -0.15) is 0 Å². The van der Waals surface area contributed by atoms with Crippen LogP contribution >= 0.6 is 11.6 Å². The minimum absolute atomic E-state index is 0.0743. The average Bonchev–Trinajstić information content (AvgIpc) is 3.08. The molecule has 0 bridgehead atoms. The summed E-state index contributed by atoms with van der Waals surface area (Å²) in [6.45, 7) is 4.33. The second kappa shape index (κ2) is 8.87. The molecule has 0 aromatic heterocycles. The highest BCUT2D eigenvalue weighted by Gasteiger charge is 2.39. The van der Waals surface area contributed by atoms with Gasteiger partial charge in [0, 0.05) is 29.1 Å². The maximum absolute atomic E-state index is 13.0. The van der Waals surface area contributed by atoms with E-state index in [1.807, 2.05) is 26.0 Å². The number of carbonyl (C=O) groups excluding carboxylic acids is 4. The van der Waals surface area contributed by atoms with Gasteiger partial charge < -0.3 is 10.2 Å². The molecule has 32 heavy (non-hydrogen) atoms. The third-order valence-corrected chi connectivity index (χ3v) is 6.45. The molecule has 0 saturated heterocycles. The van der Waals surface area contributed by atoms with Crippen molar-refractivity contribution >= 4 is 35.0 Å². The number of hydrogen-bond donors (Lipinski definition) is 1. The van der Waals surface area contributed by atoms with E-state index in [9.17, 15) is 19.2 Å². The molecule has 7 heteroatoms. The number of carbonyl (C=O) groups is 4. The smallest absolute Gasteiger partial charge is 0.255 e. The van der Waals surface area contributed by atoms with Crippen LogP contribution in [0.15, 0.2) is 42.5 Å². The summed E-state index contributed by atoms with van der Waals surface area (Å²) in [4.78, 5) is 51.3. The zero-order valence-corrected chi connectivity index (χ0v) is 18.8. The summed E-state index contributed by atoms with van der Waals surface area (Å²) in [5.74, 6) is -0.572. The summed E-state index contributed by atoms with van der Waals surface area (Å²) in [6, 6.07) is 11.7. The molecular formula is C25H25ClN2O4. The Hall–Kier alpha value is -2.99. The van der Waals surface area contributed by atoms with E-state index in [2.05, 4.69) is 5.32 Å². The number of nitrogens with zero attached hydrogens (tertiary/aromatic N) is 1. The van der Waals surface area contributed by atoms with Crippen molar-refractivity contribution in [2.24, 2.45) is 5.92 Å². The molecule has 2 aromatic rings. The van der Waals surface area contributed by atoms with Crippen molar-refractivity contribution in [3.63, 3.8) is 0 Å². The summed E-state index contributed by atoms with van der Waals surface area (Å²) in [7, 11) is 0. The van der Waals surface area contributed by atoms with Crippen LogP contribution < -0.4 is 5.32 Å². The van der Waals surface area contributed by atoms with Crippen molar-refractivity contribution in [1.82, 2.24) is 10.2 Å². The monoisotopic (exact) mass is 452 g/mol. The molecule has 166 valence electrons. The first kappa shape index (κ1) is 22.2. The van der Waals surface area contributed by atoms with Crippen LogP contribution in [0.25, 0.3) is 0 Å². The van der Waals surface area contributed by atoms with E-state index in [1.165, 1.54) is 4.90 Å². The molecule has 1 N–H and O–H groups in total. The van der Waals surface area contributed by atoms with Gasteiger partial charge in [0.25, 0.3) is 11.8 Å². The summed E-state index contributed by atoms with van der Waals surface area (Å²) < 4.78 is 0. The summed E-state index contributed by atoms with van der Waals surface area (Å²) in [5, 5.41) is 3.72. The molecule has 0 spiro atoms. The van der Waals surface area contributed by atoms with Crippen molar-refractivity contribution in [3.05, 3.63) is 69.7 Å². The zero-order valence-electron chi connectivity index (χ0n) is 18.1. The minimum atomic E-state index is -0.569. The fourth-order valence-corrected chi connectivity index (χ4v) is 4.58. The Morgan fingerprint density at radius 3 is 2.47 bits per heavy atom. The van der Waals surface area contributed by atoms with Gasteiger partial charge in [0.2, 0.25) is 0 Å². The largest absolute Gasteiger partial charge is 0.345 e. The molecule has 1 saturated carbocycles. The predicted molar refractivity (Wildman–Crippen MR) is 120 cm³/mol. The number of Topliss-reactive ketones (excluding diaryl/α,β-unsaturated/α-hetero) is 2. The van der Waals surface area contributed by atoms with Gasteiger partial charge >= 0.3 is 0 Å². The molecule has 1 aliphatic heterocycles. The molecular weight excluding hydrogens is 428 g/mol. The van der Waals surface area contributed by atoms with Crippen LogP contribution in [0.4, 0.5) is 0 Å². The topological polar surface area (TPSA) is 83.6 Å². The Morgan fingerprint density at radius 2 is 1.81 bits per heavy atom. The zero-order chi connectivity index (χ0) is 23.0. The molecule has 2 aromatic carbocycles. The lowest BCUT2D eigenvalue weighted by Crippen LogP contribution is -2.44. The lowest BCUT2D eigenvalue weighted by atomic mass is 9.92. The van der Waals surface area contributed by atoms with Gasteiger partial charge in [-0.3, -0.25) is 19.2 Å². The van der Waals surface area contributed by atoms with Gasteiger partial charge in [0.15, 0.2) is 5.78 Å². The number of rotatable bonds is 5. The van der Waals surface area contributed by atoms with Crippen LogP contribution in [0.2, 0.25) is 5.02 Å². The van der Waals surface area contributed by atoms with Gasteiger partial charge in [-0.1, -0.05) is 37.6 Å². The van der Waals surface area contributed by atoms with E-state index in [-0.39, 0.29) is 48.3 Å². The third-order valence-electron chi connectivity index (χ3n) is 6.20. The number of ketones is 2. The van der Waals surface area contributed by atoms with Gasteiger partial charge in [-0.15, -0.1) is 0 Å². The van der Waals surface area contributed by atoms with Crippen molar-refractivity contribution in [1.29, 1.82) is 0 Å². The Balaban J connectivity index is 1.52. The maximum Gasteiger partial charge on any atom is 0.255 e. The van der Waals surface area contributed by atoms with E-state index in [4.69, 9.17) is 11.6 Å². The van der Waals surface area contributed by atoms with Crippen molar-refractivity contribution < 1.29 is 19.2 Å². The second-order valence-corrected chi connectivity index (χ2v) is 9.22. The summed E-state index contributed by atoms with van der Waals surface area (Å²) in [6.07, 6.45) is 0.563. The molecule has 0 radical (unpaired) electrons. The Morgan fingerprint density at radius 1 is 1.09 bits per heavy atom. The standard InChI is InChI=1S/C25H25ClN2O4/c1-14(2)23(15-3-6-18(26)7-4-15)27-24(31)16-5-9-20-17(11-16)13-28(25(20)32)21-10-8-19(29)12-22(21)30/h3-7,9,11,14,21,23H,8,10,12-13H2,1-2H3,(H,27,31)/t21?,23-/m0/s1. The van der Waals surface area contributed by atoms with Crippen LogP contribution in [0, 0.1) is 5.92 Å². The van der Waals surface area contributed by atoms with Gasteiger partial charge in [0.05, 0.1) is 18.5 Å². The summed E-state index contributed by atoms with van der Waals surface area (Å²) >= 11 is 5.99. The molecule has 4 rings (SSSR count). The van der Waals surface area contributed by atoms with Crippen LogP contribution in [0.5, 0.6) is 0 Å². The van der Waals surface area contributed by atoms with Gasteiger partial charge in [0.1, 0.15) is 5.78 Å². The van der Waals surface area contributed by atoms with E-state index in [0.29, 0.717) is 29.0 Å². The molecule has 1 heterocycles. The average molecular weight is 453 g/mol. The molecule has 2 aliphatic rings. The highest BCUT2D eigenvalue weighted by molar-refractivity contribution is 6.30. The Kier molecular flexibility index (Phi) is 6.15. The lowest BCUT2D eigenvalue weighted by molar-refractivity contribution is -0.133. The lowest BCUT2D eigenvalue weighted by Gasteiger charge is -2.29. The first-order chi connectivity index (χ1) is 15.2. The van der Waals surface area contributed by atoms with Crippen LogP contribution in [0.1, 0.15) is 71.0 Å². The van der Waals surface area contributed by atoms with Crippen molar-refractivity contribution in [2.75, 3.05) is 0 Å². The quantitative estimate of drug-likeness (QED) is 0.692. The maximum atomic E-state index is 13.0. The van der Waals surface area contributed by atoms with E-state index < -0.39 is 6.04 Å². The predicted octanol–water partition coefficient (Wildman–Crippen LogP) is 4.11. The number of halogens is 1. The van der Waals surface area contributed by atoms with Gasteiger partial charge in [-0.25, -0.2) is 0 Å². The number of amides is 2. The number of nitrogens with one attached hydrogen (secondary N) is 1. The molecule has 2 atom stereocenters. The molecule has 1 aliphatic carbocycles.